The van der Waals surface area contributed by atoms with Gasteiger partial charge in [-0.05, 0) is 27.7 Å². The second-order valence-corrected chi connectivity index (χ2v) is 4.28. The Bertz CT molecular complexity index is 382. The van der Waals surface area contributed by atoms with Crippen molar-refractivity contribution in [3.8, 4) is 0 Å². The first kappa shape index (κ1) is 12.5. The minimum atomic E-state index is 0.0427. The van der Waals surface area contributed by atoms with Crippen molar-refractivity contribution >= 4 is 11.6 Å². The van der Waals surface area contributed by atoms with E-state index in [0.717, 1.165) is 11.4 Å². The van der Waals surface area contributed by atoms with Crippen LogP contribution >= 0.6 is 0 Å². The highest BCUT2D eigenvalue weighted by atomic mass is 16.1. The highest BCUT2D eigenvalue weighted by Gasteiger charge is 2.09. The molecule has 3 N–H and O–H groups in total. The number of carbonyl (C=O) groups excluding carboxylic acids is 1. The SMILES string of the molecule is Cc1nn(CCC(=O)NC(C)C)c(C)c1N. The van der Waals surface area contributed by atoms with E-state index in [1.807, 2.05) is 27.7 Å². The molecule has 0 bridgehead atoms. The molecule has 16 heavy (non-hydrogen) atoms. The lowest BCUT2D eigenvalue weighted by molar-refractivity contribution is -0.121. The van der Waals surface area contributed by atoms with Crippen molar-refractivity contribution < 1.29 is 4.79 Å². The van der Waals surface area contributed by atoms with Crippen molar-refractivity contribution in [2.24, 2.45) is 0 Å². The Morgan fingerprint density at radius 2 is 2.12 bits per heavy atom. The van der Waals surface area contributed by atoms with Gasteiger partial charge in [0.2, 0.25) is 5.91 Å². The third kappa shape index (κ3) is 2.98. The summed E-state index contributed by atoms with van der Waals surface area (Å²) in [6, 6.07) is 0.179. The summed E-state index contributed by atoms with van der Waals surface area (Å²) in [6.07, 6.45) is 0.430. The normalized spacial score (nSPS) is 10.8. The zero-order valence-electron chi connectivity index (χ0n) is 10.4. The number of hydrogen-bond acceptors (Lipinski definition) is 3. The Morgan fingerprint density at radius 3 is 2.56 bits per heavy atom. The van der Waals surface area contributed by atoms with Gasteiger partial charge in [-0.15, -0.1) is 0 Å². The van der Waals surface area contributed by atoms with E-state index in [1.165, 1.54) is 0 Å². The molecule has 0 saturated carbocycles. The molecule has 0 atom stereocenters. The standard InChI is InChI=1S/C11H20N4O/c1-7(2)13-10(16)5-6-15-9(4)11(12)8(3)14-15/h7H,5-6,12H2,1-4H3,(H,13,16). The summed E-state index contributed by atoms with van der Waals surface area (Å²) in [6.45, 7) is 8.24. The molecular formula is C11H20N4O. The highest BCUT2D eigenvalue weighted by molar-refractivity contribution is 5.76. The van der Waals surface area contributed by atoms with Gasteiger partial charge >= 0.3 is 0 Å². The molecule has 0 saturated heterocycles. The third-order valence-corrected chi connectivity index (χ3v) is 2.44. The van der Waals surface area contributed by atoms with E-state index in [2.05, 4.69) is 10.4 Å². The fourth-order valence-electron chi connectivity index (χ4n) is 1.53. The van der Waals surface area contributed by atoms with Crippen molar-refractivity contribution in [2.45, 2.75) is 46.7 Å². The first-order valence-electron chi connectivity index (χ1n) is 5.50. The molecule has 0 aromatic carbocycles. The van der Waals surface area contributed by atoms with Gasteiger partial charge in [-0.2, -0.15) is 5.10 Å². The average Bonchev–Trinajstić information content (AvgIpc) is 2.42. The Balaban J connectivity index is 2.55. The van der Waals surface area contributed by atoms with Crippen LogP contribution in [0.5, 0.6) is 0 Å². The molecular weight excluding hydrogens is 204 g/mol. The van der Waals surface area contributed by atoms with E-state index in [4.69, 9.17) is 5.73 Å². The van der Waals surface area contributed by atoms with Gasteiger partial charge in [0.1, 0.15) is 0 Å². The van der Waals surface area contributed by atoms with Crippen molar-refractivity contribution in [1.29, 1.82) is 0 Å². The van der Waals surface area contributed by atoms with Gasteiger partial charge in [-0.1, -0.05) is 0 Å². The Hall–Kier alpha value is -1.52. The van der Waals surface area contributed by atoms with Gasteiger partial charge in [0.15, 0.2) is 0 Å². The zero-order valence-corrected chi connectivity index (χ0v) is 10.4. The molecule has 0 fully saturated rings. The fraction of sp³-hybridized carbons (Fsp3) is 0.636. The van der Waals surface area contributed by atoms with Crippen LogP contribution in [0.1, 0.15) is 31.7 Å². The van der Waals surface area contributed by atoms with Gasteiger partial charge < -0.3 is 11.1 Å². The van der Waals surface area contributed by atoms with Gasteiger partial charge in [0.25, 0.3) is 0 Å². The third-order valence-electron chi connectivity index (χ3n) is 2.44. The number of amides is 1. The molecule has 0 unspecified atom stereocenters. The number of hydrogen-bond donors (Lipinski definition) is 2. The van der Waals surface area contributed by atoms with Gasteiger partial charge in [-0.3, -0.25) is 9.48 Å². The molecule has 0 aliphatic carbocycles. The number of carbonyl (C=O) groups is 1. The predicted octanol–water partition coefficient (Wildman–Crippen LogP) is 0.997. The van der Waals surface area contributed by atoms with E-state index < -0.39 is 0 Å². The van der Waals surface area contributed by atoms with Crippen LogP contribution in [0.3, 0.4) is 0 Å². The van der Waals surface area contributed by atoms with Crippen LogP contribution in [-0.2, 0) is 11.3 Å². The van der Waals surface area contributed by atoms with Crippen LogP contribution < -0.4 is 11.1 Å². The molecule has 1 heterocycles. The van der Waals surface area contributed by atoms with E-state index in [-0.39, 0.29) is 11.9 Å². The Kier molecular flexibility index (Phi) is 3.93. The summed E-state index contributed by atoms with van der Waals surface area (Å²) in [5.41, 5.74) is 8.27. The maximum Gasteiger partial charge on any atom is 0.222 e. The highest BCUT2D eigenvalue weighted by Crippen LogP contribution is 2.14. The van der Waals surface area contributed by atoms with E-state index in [0.29, 0.717) is 18.7 Å². The number of nitrogens with one attached hydrogen (secondary N) is 1. The number of anilines is 1. The molecule has 1 aromatic rings. The van der Waals surface area contributed by atoms with E-state index in [9.17, 15) is 4.79 Å². The number of nitrogen functional groups attached to an aromatic ring is 1. The topological polar surface area (TPSA) is 72.9 Å². The van der Waals surface area contributed by atoms with Gasteiger partial charge in [0, 0.05) is 12.5 Å². The smallest absolute Gasteiger partial charge is 0.222 e. The molecule has 0 radical (unpaired) electrons. The lowest BCUT2D eigenvalue weighted by atomic mass is 10.3. The second-order valence-electron chi connectivity index (χ2n) is 4.28. The minimum Gasteiger partial charge on any atom is -0.396 e. The van der Waals surface area contributed by atoms with Crippen LogP contribution in [0.2, 0.25) is 0 Å². The maximum atomic E-state index is 11.4. The van der Waals surface area contributed by atoms with Crippen LogP contribution in [0.25, 0.3) is 0 Å². The minimum absolute atomic E-state index is 0.0427. The molecule has 5 heteroatoms. The quantitative estimate of drug-likeness (QED) is 0.801. The molecule has 1 amide bonds. The number of aromatic nitrogens is 2. The van der Waals surface area contributed by atoms with Crippen LogP contribution in [-0.4, -0.2) is 21.7 Å². The number of aryl methyl sites for hydroxylation is 2. The Labute approximate surface area is 96.0 Å². The Morgan fingerprint density at radius 1 is 1.50 bits per heavy atom. The molecule has 0 spiro atoms. The first-order valence-corrected chi connectivity index (χ1v) is 5.50. The molecule has 1 rings (SSSR count). The molecule has 1 aromatic heterocycles. The monoisotopic (exact) mass is 224 g/mol. The second kappa shape index (κ2) is 5.01. The largest absolute Gasteiger partial charge is 0.396 e. The molecule has 90 valence electrons. The first-order chi connectivity index (χ1) is 7.41. The molecule has 0 aliphatic rings. The van der Waals surface area contributed by atoms with Crippen LogP contribution in [0.4, 0.5) is 5.69 Å². The van der Waals surface area contributed by atoms with E-state index >= 15 is 0 Å². The van der Waals surface area contributed by atoms with Crippen LogP contribution in [0.15, 0.2) is 0 Å². The number of nitrogens with two attached hydrogens (primary N) is 1. The summed E-state index contributed by atoms with van der Waals surface area (Å²) >= 11 is 0. The van der Waals surface area contributed by atoms with Crippen molar-refractivity contribution in [3.63, 3.8) is 0 Å². The number of nitrogens with zero attached hydrogens (tertiary/aromatic N) is 2. The van der Waals surface area contributed by atoms with Crippen molar-refractivity contribution in [3.05, 3.63) is 11.4 Å². The predicted molar refractivity (Wildman–Crippen MR) is 64.0 cm³/mol. The zero-order chi connectivity index (χ0) is 12.3. The van der Waals surface area contributed by atoms with Gasteiger partial charge in [0.05, 0.1) is 23.6 Å². The average molecular weight is 224 g/mol. The molecule has 0 aliphatic heterocycles. The summed E-state index contributed by atoms with van der Waals surface area (Å²) in [5, 5.41) is 7.12. The van der Waals surface area contributed by atoms with Crippen molar-refractivity contribution in [2.75, 3.05) is 5.73 Å². The van der Waals surface area contributed by atoms with Crippen LogP contribution in [0, 0.1) is 13.8 Å². The fourth-order valence-corrected chi connectivity index (χ4v) is 1.53. The summed E-state index contributed by atoms with van der Waals surface area (Å²) < 4.78 is 1.78. The number of rotatable bonds is 4. The maximum absolute atomic E-state index is 11.4. The van der Waals surface area contributed by atoms with E-state index in [1.54, 1.807) is 4.68 Å². The summed E-state index contributed by atoms with van der Waals surface area (Å²) in [5.74, 6) is 0.0427. The van der Waals surface area contributed by atoms with Gasteiger partial charge in [-0.25, -0.2) is 0 Å². The lowest BCUT2D eigenvalue weighted by Crippen LogP contribution is -2.30. The summed E-state index contributed by atoms with van der Waals surface area (Å²) in [4.78, 5) is 11.4. The summed E-state index contributed by atoms with van der Waals surface area (Å²) in [7, 11) is 0. The molecule has 5 nitrogen and oxygen atoms in total. The van der Waals surface area contributed by atoms with Crippen molar-refractivity contribution in [1.82, 2.24) is 15.1 Å². The lowest BCUT2D eigenvalue weighted by Gasteiger charge is -2.08.